The van der Waals surface area contributed by atoms with Crippen molar-refractivity contribution in [3.63, 3.8) is 0 Å². The lowest BCUT2D eigenvalue weighted by atomic mass is 9.96. The molecule has 8 nitrogen and oxygen atoms in total. The molecule has 0 atom stereocenters. The fourth-order valence-corrected chi connectivity index (χ4v) is 3.44. The Bertz CT molecular complexity index is 698. The zero-order chi connectivity index (χ0) is 17.4. The quantitative estimate of drug-likeness (QED) is 0.842. The second-order valence-corrected chi connectivity index (χ2v) is 6.76. The fraction of sp³-hybridized carbons (Fsp3) is 0.588. The van der Waals surface area contributed by atoms with Crippen LogP contribution >= 0.6 is 0 Å². The number of pyridine rings is 1. The van der Waals surface area contributed by atoms with E-state index in [2.05, 4.69) is 10.3 Å². The molecule has 3 aliphatic rings. The standard InChI is InChI=1S/C17H22N4O4/c22-16(23)14-13-3-4-21(17(24)19-12-1-2-12)10-11(13)9-18-15(14)20-5-7-25-8-6-20/h9,12H,1-8,10H2,(H,19,24)(H,22,23). The van der Waals surface area contributed by atoms with Crippen LogP contribution in [0.3, 0.4) is 0 Å². The van der Waals surface area contributed by atoms with Crippen LogP contribution in [0.1, 0.15) is 34.3 Å². The van der Waals surface area contributed by atoms with Gasteiger partial charge >= 0.3 is 12.0 Å². The number of aromatic nitrogens is 1. The topological polar surface area (TPSA) is 95.0 Å². The van der Waals surface area contributed by atoms with Crippen LogP contribution in [0, 0.1) is 0 Å². The number of anilines is 1. The normalized spacial score (nSPS) is 20.2. The van der Waals surface area contributed by atoms with Crippen LogP contribution in [0.25, 0.3) is 0 Å². The maximum absolute atomic E-state index is 12.2. The Labute approximate surface area is 145 Å². The molecule has 0 radical (unpaired) electrons. The third kappa shape index (κ3) is 3.26. The highest BCUT2D eigenvalue weighted by molar-refractivity contribution is 5.95. The highest BCUT2D eigenvalue weighted by Crippen LogP contribution is 2.29. The molecule has 134 valence electrons. The van der Waals surface area contributed by atoms with Crippen LogP contribution in [0.2, 0.25) is 0 Å². The van der Waals surface area contributed by atoms with Crippen LogP contribution in [-0.4, -0.2) is 65.9 Å². The van der Waals surface area contributed by atoms with E-state index in [9.17, 15) is 14.7 Å². The summed E-state index contributed by atoms with van der Waals surface area (Å²) in [6, 6.07) is 0.243. The van der Waals surface area contributed by atoms with Gasteiger partial charge in [0, 0.05) is 38.4 Å². The first-order valence-corrected chi connectivity index (χ1v) is 8.75. The summed E-state index contributed by atoms with van der Waals surface area (Å²) in [5.74, 6) is -0.438. The van der Waals surface area contributed by atoms with Crippen LogP contribution in [-0.2, 0) is 17.7 Å². The van der Waals surface area contributed by atoms with E-state index in [1.54, 1.807) is 11.1 Å². The first kappa shape index (κ1) is 16.1. The summed E-state index contributed by atoms with van der Waals surface area (Å²) in [6.07, 6.45) is 4.35. The number of nitrogens with one attached hydrogen (secondary N) is 1. The third-order valence-electron chi connectivity index (χ3n) is 4.97. The predicted octanol–water partition coefficient (Wildman–Crippen LogP) is 0.846. The zero-order valence-corrected chi connectivity index (χ0v) is 14.0. The van der Waals surface area contributed by atoms with Crippen LogP contribution in [0.15, 0.2) is 6.20 Å². The molecule has 0 aromatic carbocycles. The molecule has 2 N–H and O–H groups in total. The highest BCUT2D eigenvalue weighted by Gasteiger charge is 2.31. The Hall–Kier alpha value is -2.35. The van der Waals surface area contributed by atoms with Gasteiger partial charge < -0.3 is 25.0 Å². The molecule has 1 aromatic rings. The summed E-state index contributed by atoms with van der Waals surface area (Å²) >= 11 is 0. The van der Waals surface area contributed by atoms with Crippen molar-refractivity contribution in [3.8, 4) is 0 Å². The molecule has 8 heteroatoms. The van der Waals surface area contributed by atoms with Crippen molar-refractivity contribution in [3.05, 3.63) is 22.9 Å². The van der Waals surface area contributed by atoms with Crippen molar-refractivity contribution < 1.29 is 19.4 Å². The summed E-state index contributed by atoms with van der Waals surface area (Å²) in [5.41, 5.74) is 1.91. The number of amides is 2. The average Bonchev–Trinajstić information content (AvgIpc) is 3.44. The number of hydrogen-bond donors (Lipinski definition) is 2. The minimum Gasteiger partial charge on any atom is -0.478 e. The van der Waals surface area contributed by atoms with E-state index in [0.29, 0.717) is 57.7 Å². The highest BCUT2D eigenvalue weighted by atomic mass is 16.5. The monoisotopic (exact) mass is 346 g/mol. The molecule has 1 saturated heterocycles. The van der Waals surface area contributed by atoms with Gasteiger partial charge in [0.15, 0.2) is 0 Å². The minimum atomic E-state index is -0.957. The van der Waals surface area contributed by atoms with E-state index in [1.807, 2.05) is 4.90 Å². The molecular weight excluding hydrogens is 324 g/mol. The molecule has 1 aliphatic carbocycles. The van der Waals surface area contributed by atoms with Gasteiger partial charge in [-0.25, -0.2) is 14.6 Å². The molecule has 1 saturated carbocycles. The van der Waals surface area contributed by atoms with Crippen molar-refractivity contribution in [1.82, 2.24) is 15.2 Å². The number of carbonyl (C=O) groups excluding carboxylic acids is 1. The summed E-state index contributed by atoms with van der Waals surface area (Å²) in [6.45, 7) is 3.37. The van der Waals surface area contributed by atoms with E-state index in [1.165, 1.54) is 0 Å². The van der Waals surface area contributed by atoms with E-state index >= 15 is 0 Å². The van der Waals surface area contributed by atoms with Crippen molar-refractivity contribution >= 4 is 17.8 Å². The summed E-state index contributed by atoms with van der Waals surface area (Å²) in [4.78, 5) is 32.3. The lowest BCUT2D eigenvalue weighted by molar-refractivity contribution is 0.0694. The molecule has 3 heterocycles. The number of fused-ring (bicyclic) bond motifs is 1. The van der Waals surface area contributed by atoms with Crippen molar-refractivity contribution in [2.45, 2.75) is 31.8 Å². The maximum atomic E-state index is 12.2. The lowest BCUT2D eigenvalue weighted by Gasteiger charge is -2.33. The molecule has 25 heavy (non-hydrogen) atoms. The van der Waals surface area contributed by atoms with Gasteiger partial charge in [-0.05, 0) is 30.4 Å². The van der Waals surface area contributed by atoms with Crippen LogP contribution in [0.5, 0.6) is 0 Å². The van der Waals surface area contributed by atoms with E-state index < -0.39 is 5.97 Å². The second kappa shape index (κ2) is 6.51. The Morgan fingerprint density at radius 1 is 1.24 bits per heavy atom. The molecular formula is C17H22N4O4. The third-order valence-corrected chi connectivity index (χ3v) is 4.97. The van der Waals surface area contributed by atoms with Gasteiger partial charge in [0.25, 0.3) is 0 Å². The Morgan fingerprint density at radius 3 is 2.68 bits per heavy atom. The van der Waals surface area contributed by atoms with Gasteiger partial charge in [0.05, 0.1) is 13.2 Å². The van der Waals surface area contributed by atoms with Gasteiger partial charge in [-0.3, -0.25) is 0 Å². The number of ether oxygens (including phenoxy) is 1. The van der Waals surface area contributed by atoms with E-state index in [-0.39, 0.29) is 11.6 Å². The SMILES string of the molecule is O=C(O)c1c(N2CCOCC2)ncc2c1CCN(C(=O)NC1CC1)C2. The number of rotatable bonds is 3. The number of carboxylic acid groups (broad SMARTS) is 1. The molecule has 2 fully saturated rings. The number of nitrogens with zero attached hydrogens (tertiary/aromatic N) is 3. The van der Waals surface area contributed by atoms with Gasteiger partial charge in [0.2, 0.25) is 0 Å². The fourth-order valence-electron chi connectivity index (χ4n) is 3.44. The number of hydrogen-bond acceptors (Lipinski definition) is 5. The molecule has 2 aliphatic heterocycles. The second-order valence-electron chi connectivity index (χ2n) is 6.76. The molecule has 1 aromatic heterocycles. The van der Waals surface area contributed by atoms with Gasteiger partial charge in [0.1, 0.15) is 11.4 Å². The number of urea groups is 1. The number of morpholine rings is 1. The molecule has 4 rings (SSSR count). The van der Waals surface area contributed by atoms with Crippen LogP contribution in [0.4, 0.5) is 10.6 Å². The van der Waals surface area contributed by atoms with Gasteiger partial charge in [-0.1, -0.05) is 0 Å². The number of carbonyl (C=O) groups is 2. The Kier molecular flexibility index (Phi) is 4.20. The van der Waals surface area contributed by atoms with Gasteiger partial charge in [-0.2, -0.15) is 0 Å². The maximum Gasteiger partial charge on any atom is 0.339 e. The van der Waals surface area contributed by atoms with Gasteiger partial charge in [-0.15, -0.1) is 0 Å². The molecule has 0 unspecified atom stereocenters. The number of aromatic carboxylic acids is 1. The minimum absolute atomic E-state index is 0.0673. The summed E-state index contributed by atoms with van der Waals surface area (Å²) < 4.78 is 5.34. The number of carboxylic acids is 1. The van der Waals surface area contributed by atoms with Crippen molar-refractivity contribution in [2.24, 2.45) is 0 Å². The Balaban J connectivity index is 1.60. The van der Waals surface area contributed by atoms with E-state index in [4.69, 9.17) is 4.74 Å². The lowest BCUT2D eigenvalue weighted by Crippen LogP contribution is -2.44. The Morgan fingerprint density at radius 2 is 2.00 bits per heavy atom. The van der Waals surface area contributed by atoms with Crippen molar-refractivity contribution in [1.29, 1.82) is 0 Å². The first-order chi connectivity index (χ1) is 12.1. The summed E-state index contributed by atoms with van der Waals surface area (Å²) in [5, 5.41) is 12.7. The molecule has 0 bridgehead atoms. The van der Waals surface area contributed by atoms with Crippen molar-refractivity contribution in [2.75, 3.05) is 37.7 Å². The first-order valence-electron chi connectivity index (χ1n) is 8.75. The average molecular weight is 346 g/mol. The molecule has 0 spiro atoms. The smallest absolute Gasteiger partial charge is 0.339 e. The zero-order valence-electron chi connectivity index (χ0n) is 14.0. The largest absolute Gasteiger partial charge is 0.478 e. The predicted molar refractivity (Wildman–Crippen MR) is 89.9 cm³/mol. The molecule has 2 amide bonds. The van der Waals surface area contributed by atoms with E-state index in [0.717, 1.165) is 24.0 Å². The van der Waals surface area contributed by atoms with Crippen LogP contribution < -0.4 is 10.2 Å². The summed E-state index contributed by atoms with van der Waals surface area (Å²) in [7, 11) is 0.